The molecule has 4 aromatic rings. The first kappa shape index (κ1) is 33.9. The quantitative estimate of drug-likeness (QED) is 0.191. The summed E-state index contributed by atoms with van der Waals surface area (Å²) in [4.78, 5) is 29.7. The maximum Gasteiger partial charge on any atom is 0.264 e. The van der Waals surface area contributed by atoms with Crippen molar-refractivity contribution in [2.24, 2.45) is 0 Å². The van der Waals surface area contributed by atoms with E-state index in [1.54, 1.807) is 12.1 Å². The molecule has 0 aliphatic heterocycles. The van der Waals surface area contributed by atoms with Gasteiger partial charge in [-0.25, -0.2) is 12.8 Å². The van der Waals surface area contributed by atoms with Crippen molar-refractivity contribution in [2.45, 2.75) is 57.1 Å². The van der Waals surface area contributed by atoms with Crippen LogP contribution in [-0.2, 0) is 32.6 Å². The lowest BCUT2D eigenvalue weighted by Gasteiger charge is -2.35. The van der Waals surface area contributed by atoms with Gasteiger partial charge in [-0.15, -0.1) is 0 Å². The number of aryl methyl sites for hydroxylation is 1. The van der Waals surface area contributed by atoms with Gasteiger partial charge in [0, 0.05) is 23.0 Å². The third-order valence-corrected chi connectivity index (χ3v) is 9.29. The fourth-order valence-corrected chi connectivity index (χ4v) is 6.71. The van der Waals surface area contributed by atoms with Crippen LogP contribution in [0.3, 0.4) is 0 Å². The SMILES string of the molecule is Cc1ccc(S(=O)(=O)N(CC(=O)N(Cc2cccc(Br)c2)C(Cc2ccccc2)C(=O)NC(C)(C)C)c2ccccc2F)cc1. The van der Waals surface area contributed by atoms with E-state index in [0.29, 0.717) is 0 Å². The van der Waals surface area contributed by atoms with E-state index in [4.69, 9.17) is 0 Å². The average Bonchev–Trinajstić information content (AvgIpc) is 2.98. The monoisotopic (exact) mass is 693 g/mol. The van der Waals surface area contributed by atoms with Crippen LogP contribution < -0.4 is 9.62 Å². The zero-order chi connectivity index (χ0) is 32.8. The lowest BCUT2D eigenvalue weighted by molar-refractivity contribution is -0.140. The Morgan fingerprint density at radius 1 is 0.867 bits per heavy atom. The number of benzene rings is 4. The van der Waals surface area contributed by atoms with Gasteiger partial charge in [0.1, 0.15) is 18.4 Å². The molecule has 0 aromatic heterocycles. The summed E-state index contributed by atoms with van der Waals surface area (Å²) in [5, 5.41) is 2.99. The van der Waals surface area contributed by atoms with Crippen molar-refractivity contribution in [1.82, 2.24) is 10.2 Å². The Labute approximate surface area is 273 Å². The number of hydrogen-bond donors (Lipinski definition) is 1. The van der Waals surface area contributed by atoms with Gasteiger partial charge in [-0.3, -0.25) is 13.9 Å². The van der Waals surface area contributed by atoms with Crippen molar-refractivity contribution < 1.29 is 22.4 Å². The van der Waals surface area contributed by atoms with E-state index in [0.717, 1.165) is 31.5 Å². The van der Waals surface area contributed by atoms with Crippen molar-refractivity contribution in [2.75, 3.05) is 10.8 Å². The Morgan fingerprint density at radius 3 is 2.11 bits per heavy atom. The van der Waals surface area contributed by atoms with Crippen LogP contribution in [0.15, 0.2) is 112 Å². The molecule has 0 heterocycles. The molecule has 0 aliphatic carbocycles. The van der Waals surface area contributed by atoms with E-state index < -0.39 is 45.8 Å². The van der Waals surface area contributed by atoms with Gasteiger partial charge in [-0.2, -0.15) is 0 Å². The van der Waals surface area contributed by atoms with Crippen LogP contribution in [0.25, 0.3) is 0 Å². The molecule has 0 radical (unpaired) electrons. The van der Waals surface area contributed by atoms with Crippen LogP contribution >= 0.6 is 15.9 Å². The molecule has 0 saturated heterocycles. The van der Waals surface area contributed by atoms with E-state index >= 15 is 4.39 Å². The minimum Gasteiger partial charge on any atom is -0.350 e. The van der Waals surface area contributed by atoms with Gasteiger partial charge in [0.15, 0.2) is 0 Å². The average molecular weight is 695 g/mol. The number of rotatable bonds is 11. The van der Waals surface area contributed by atoms with Gasteiger partial charge in [-0.05, 0) is 75.2 Å². The Kier molecular flexibility index (Phi) is 10.8. The molecule has 1 atom stereocenters. The highest BCUT2D eigenvalue weighted by Gasteiger charge is 2.36. The molecule has 7 nitrogen and oxygen atoms in total. The van der Waals surface area contributed by atoms with E-state index in [2.05, 4.69) is 21.2 Å². The lowest BCUT2D eigenvalue weighted by atomic mass is 10.0. The third-order valence-electron chi connectivity index (χ3n) is 7.02. The summed E-state index contributed by atoms with van der Waals surface area (Å²) in [6.45, 7) is 6.63. The molecule has 4 aromatic carbocycles. The van der Waals surface area contributed by atoms with Crippen LogP contribution in [0, 0.1) is 12.7 Å². The molecule has 45 heavy (non-hydrogen) atoms. The molecule has 0 aliphatic rings. The predicted octanol–water partition coefficient (Wildman–Crippen LogP) is 6.65. The summed E-state index contributed by atoms with van der Waals surface area (Å²) in [5.74, 6) is -1.86. The summed E-state index contributed by atoms with van der Waals surface area (Å²) in [6.07, 6.45) is 0.174. The Morgan fingerprint density at radius 2 is 1.49 bits per heavy atom. The molecule has 0 spiro atoms. The van der Waals surface area contributed by atoms with Crippen LogP contribution in [-0.4, -0.2) is 43.3 Å². The minimum atomic E-state index is -4.40. The molecular weight excluding hydrogens is 657 g/mol. The normalized spacial score (nSPS) is 12.3. The lowest BCUT2D eigenvalue weighted by Crippen LogP contribution is -2.56. The first-order chi connectivity index (χ1) is 21.2. The molecule has 1 N–H and O–H groups in total. The van der Waals surface area contributed by atoms with Gasteiger partial charge in [0.2, 0.25) is 11.8 Å². The summed E-state index contributed by atoms with van der Waals surface area (Å²) < 4.78 is 44.9. The number of nitrogens with zero attached hydrogens (tertiary/aromatic N) is 2. The molecular formula is C35H37BrFN3O4S. The summed E-state index contributed by atoms with van der Waals surface area (Å²) >= 11 is 3.47. The fourth-order valence-electron chi connectivity index (χ4n) is 4.84. The zero-order valence-corrected chi connectivity index (χ0v) is 28.1. The Balaban J connectivity index is 1.83. The second kappa shape index (κ2) is 14.4. The predicted molar refractivity (Wildman–Crippen MR) is 179 cm³/mol. The van der Waals surface area contributed by atoms with Gasteiger partial charge in [0.05, 0.1) is 10.6 Å². The maximum atomic E-state index is 15.3. The molecule has 0 fully saturated rings. The van der Waals surface area contributed by atoms with Crippen molar-refractivity contribution in [1.29, 1.82) is 0 Å². The van der Waals surface area contributed by atoms with Crippen LogP contribution in [0.1, 0.15) is 37.5 Å². The number of sulfonamides is 1. The molecule has 2 amide bonds. The smallest absolute Gasteiger partial charge is 0.264 e. The molecule has 0 bridgehead atoms. The highest BCUT2D eigenvalue weighted by Crippen LogP contribution is 2.28. The van der Waals surface area contributed by atoms with E-state index in [1.807, 2.05) is 82.3 Å². The number of halogens is 2. The van der Waals surface area contributed by atoms with Crippen LogP contribution in [0.5, 0.6) is 0 Å². The number of nitrogens with one attached hydrogen (secondary N) is 1. The molecule has 236 valence electrons. The molecule has 4 rings (SSSR count). The van der Waals surface area contributed by atoms with Gasteiger partial charge in [0.25, 0.3) is 10.0 Å². The maximum absolute atomic E-state index is 15.3. The van der Waals surface area contributed by atoms with Gasteiger partial charge >= 0.3 is 0 Å². The first-order valence-corrected chi connectivity index (χ1v) is 16.7. The molecule has 0 saturated carbocycles. The number of para-hydroxylation sites is 1. The van der Waals surface area contributed by atoms with E-state index in [9.17, 15) is 18.0 Å². The highest BCUT2D eigenvalue weighted by molar-refractivity contribution is 9.10. The van der Waals surface area contributed by atoms with E-state index in [1.165, 1.54) is 35.2 Å². The summed E-state index contributed by atoms with van der Waals surface area (Å²) in [5.41, 5.74) is 1.50. The van der Waals surface area contributed by atoms with Crippen molar-refractivity contribution in [3.63, 3.8) is 0 Å². The number of hydrogen-bond acceptors (Lipinski definition) is 4. The van der Waals surface area contributed by atoms with E-state index in [-0.39, 0.29) is 23.5 Å². The zero-order valence-electron chi connectivity index (χ0n) is 25.7. The Hall–Kier alpha value is -4.02. The summed E-state index contributed by atoms with van der Waals surface area (Å²) in [7, 11) is -4.40. The topological polar surface area (TPSA) is 86.8 Å². The summed E-state index contributed by atoms with van der Waals surface area (Å²) in [6, 6.07) is 27.2. The van der Waals surface area contributed by atoms with Gasteiger partial charge in [-0.1, -0.05) is 88.2 Å². The largest absolute Gasteiger partial charge is 0.350 e. The molecule has 10 heteroatoms. The van der Waals surface area contributed by atoms with Crippen LogP contribution in [0.4, 0.5) is 10.1 Å². The van der Waals surface area contributed by atoms with Gasteiger partial charge < -0.3 is 10.2 Å². The number of anilines is 1. The fraction of sp³-hybridized carbons (Fsp3) is 0.257. The van der Waals surface area contributed by atoms with Crippen molar-refractivity contribution in [3.8, 4) is 0 Å². The third kappa shape index (κ3) is 9.02. The highest BCUT2D eigenvalue weighted by atomic mass is 79.9. The minimum absolute atomic E-state index is 0.00300. The number of carbonyl (C=O) groups excluding carboxylic acids is 2. The second-order valence-corrected chi connectivity index (χ2v) is 14.7. The van der Waals surface area contributed by atoms with Crippen molar-refractivity contribution >= 4 is 43.5 Å². The van der Waals surface area contributed by atoms with Crippen molar-refractivity contribution in [3.05, 3.63) is 130 Å². The Bertz CT molecular complexity index is 1740. The number of carbonyl (C=O) groups is 2. The first-order valence-electron chi connectivity index (χ1n) is 14.5. The standard InChI is InChI=1S/C35H37BrFN3O4S/c1-25-17-19-29(20-18-25)45(43,44)40(31-16-9-8-15-30(31)37)24-33(41)39(23-27-13-10-14-28(36)21-27)32(34(42)38-35(2,3)4)22-26-11-6-5-7-12-26/h5-21,32H,22-24H2,1-4H3,(H,38,42). The second-order valence-electron chi connectivity index (χ2n) is 11.9. The number of amides is 2. The molecule has 1 unspecified atom stereocenters. The van der Waals surface area contributed by atoms with Crippen LogP contribution in [0.2, 0.25) is 0 Å².